The number of ketones is 1. The van der Waals surface area contributed by atoms with Crippen LogP contribution in [0, 0.1) is 5.92 Å². The molecule has 65 heavy (non-hydrogen) atoms. The largest absolute Gasteiger partial charge is 0.468 e. The van der Waals surface area contributed by atoms with E-state index in [2.05, 4.69) is 44.3 Å². The van der Waals surface area contributed by atoms with Crippen LogP contribution in [-0.2, 0) is 33.4 Å². The van der Waals surface area contributed by atoms with E-state index in [1.165, 1.54) is 135 Å². The van der Waals surface area contributed by atoms with Crippen molar-refractivity contribution in [1.29, 1.82) is 0 Å². The maximum Gasteiger partial charge on any atom is 0.306 e. The van der Waals surface area contributed by atoms with Gasteiger partial charge in [0.15, 0.2) is 0 Å². The quantitative estimate of drug-likeness (QED) is 0.0258. The van der Waals surface area contributed by atoms with Crippen molar-refractivity contribution in [2.45, 2.75) is 312 Å². The van der Waals surface area contributed by atoms with Gasteiger partial charge in [0, 0.05) is 38.8 Å². The number of ether oxygens (including phenoxy) is 3. The number of unbranched alkanes of at least 4 members (excludes halogenated alkanes) is 24. The van der Waals surface area contributed by atoms with Crippen molar-refractivity contribution in [2.75, 3.05) is 26.2 Å². The normalized spacial score (nSPS) is 13.3. The highest BCUT2D eigenvalue weighted by atomic mass is 16.5. The summed E-state index contributed by atoms with van der Waals surface area (Å²) in [6.07, 6.45) is 42.3. The molecule has 1 fully saturated rings. The fourth-order valence-corrected chi connectivity index (χ4v) is 8.18. The molecule has 8 heteroatoms. The van der Waals surface area contributed by atoms with E-state index in [1.54, 1.807) is 0 Å². The highest BCUT2D eigenvalue weighted by Gasteiger charge is 2.25. The topological polar surface area (TPSA) is 99.2 Å². The zero-order valence-electron chi connectivity index (χ0n) is 45.1. The van der Waals surface area contributed by atoms with E-state index in [9.17, 15) is 19.2 Å². The third-order valence-corrected chi connectivity index (χ3v) is 12.2. The molecule has 1 atom stereocenters. The average Bonchev–Trinajstić information content (AvgIpc) is 3.76. The van der Waals surface area contributed by atoms with Crippen LogP contribution in [0.25, 0.3) is 0 Å². The Kier molecular flexibility index (Phi) is 58.4. The Balaban J connectivity index is -0.00000110. The van der Waals surface area contributed by atoms with E-state index >= 15 is 0 Å². The molecule has 0 saturated carbocycles. The third kappa shape index (κ3) is 52.9. The van der Waals surface area contributed by atoms with Crippen molar-refractivity contribution in [3.63, 3.8) is 0 Å². The number of Topliss-reactive ketones (excluding diaryl/α,β-unsaturated/α-hetero) is 1. The number of esters is 2. The van der Waals surface area contributed by atoms with Crippen molar-refractivity contribution in [1.82, 2.24) is 4.90 Å². The van der Waals surface area contributed by atoms with Gasteiger partial charge >= 0.3 is 11.9 Å². The molecule has 0 bridgehead atoms. The van der Waals surface area contributed by atoms with Crippen molar-refractivity contribution in [2.24, 2.45) is 5.92 Å². The number of likely N-dealkylation sites (tertiary alicyclic amines) is 1. The summed E-state index contributed by atoms with van der Waals surface area (Å²) in [4.78, 5) is 48.7. The van der Waals surface area contributed by atoms with Gasteiger partial charge < -0.3 is 14.2 Å². The Morgan fingerprint density at radius 2 is 0.954 bits per heavy atom. The molecule has 0 amide bonds. The Morgan fingerprint density at radius 3 is 1.43 bits per heavy atom. The van der Waals surface area contributed by atoms with Gasteiger partial charge in [-0.25, -0.2) is 0 Å². The molecule has 0 aliphatic carbocycles. The van der Waals surface area contributed by atoms with Gasteiger partial charge in [-0.1, -0.05) is 204 Å². The molecule has 1 aliphatic rings. The number of hydrogen-bond donors (Lipinski definition) is 0. The predicted molar refractivity (Wildman–Crippen MR) is 279 cm³/mol. The Morgan fingerprint density at radius 1 is 0.523 bits per heavy atom. The van der Waals surface area contributed by atoms with Crippen molar-refractivity contribution in [3.8, 4) is 0 Å². The summed E-state index contributed by atoms with van der Waals surface area (Å²) < 4.78 is 16.2. The highest BCUT2D eigenvalue weighted by molar-refractivity contribution is 5.78. The SMILES string of the molecule is CC.CC.CCCCCCCCC(CCCCCCCC)OC(=O)CCCCCCCOC=O.CCCCCCCCCCCCC(=O)CCCCN1CCC(OC(=O)CCC(C)C)C1. The molecule has 1 heterocycles. The molecule has 0 aromatic rings. The zero-order chi connectivity index (χ0) is 48.9. The third-order valence-electron chi connectivity index (χ3n) is 12.2. The van der Waals surface area contributed by atoms with E-state index in [1.807, 2.05) is 27.7 Å². The van der Waals surface area contributed by atoms with Crippen LogP contribution >= 0.6 is 0 Å². The van der Waals surface area contributed by atoms with Gasteiger partial charge in [-0.05, 0) is 83.1 Å². The van der Waals surface area contributed by atoms with E-state index in [0.717, 1.165) is 110 Å². The molecule has 8 nitrogen and oxygen atoms in total. The summed E-state index contributed by atoms with van der Waals surface area (Å²) in [5, 5.41) is 0. The van der Waals surface area contributed by atoms with E-state index < -0.39 is 0 Å². The Hall–Kier alpha value is -1.96. The lowest BCUT2D eigenvalue weighted by molar-refractivity contribution is -0.150. The van der Waals surface area contributed by atoms with Crippen LogP contribution in [0.2, 0.25) is 0 Å². The molecule has 0 spiro atoms. The number of carbonyl (C=O) groups excluding carboxylic acids is 4. The standard InChI is InChI=1S/C27H51NO3.C26H50O4.2C2H6/c1-4-5-6-7-8-9-10-11-12-13-16-25(29)17-14-15-21-28-22-20-26(23-28)31-27(30)19-18-24(2)3;1-3-5-7-9-12-16-20-25(21-17-13-10-8-6-4-2)30-26(28)22-18-14-11-15-19-23-29-24-27;2*1-2/h24,26H,4-23H2,1-3H3;24-25H,3-23H2,1-2H3;2*1-2H3. The first-order valence-corrected chi connectivity index (χ1v) is 28.4. The summed E-state index contributed by atoms with van der Waals surface area (Å²) in [6.45, 7) is 22.9. The molecule has 1 aliphatic heterocycles. The maximum atomic E-state index is 12.3. The molecule has 0 aromatic carbocycles. The van der Waals surface area contributed by atoms with Gasteiger partial charge in [0.25, 0.3) is 6.47 Å². The van der Waals surface area contributed by atoms with Crippen LogP contribution in [0.5, 0.6) is 0 Å². The molecule has 1 rings (SSSR count). The average molecular weight is 925 g/mol. The van der Waals surface area contributed by atoms with Crippen molar-refractivity contribution < 1.29 is 33.4 Å². The molecular formula is C57H113NO7. The lowest BCUT2D eigenvalue weighted by atomic mass is 10.0. The Bertz CT molecular complexity index is 972. The second kappa shape index (κ2) is 56.4. The van der Waals surface area contributed by atoms with Crippen molar-refractivity contribution >= 4 is 24.2 Å². The van der Waals surface area contributed by atoms with E-state index in [0.29, 0.717) is 37.6 Å². The molecule has 1 saturated heterocycles. The number of carbonyl (C=O) groups is 4. The minimum absolute atomic E-state index is 0.0127. The lowest BCUT2D eigenvalue weighted by Crippen LogP contribution is -2.26. The smallest absolute Gasteiger partial charge is 0.306 e. The predicted octanol–water partition coefficient (Wildman–Crippen LogP) is 17.1. The van der Waals surface area contributed by atoms with Crippen LogP contribution in [0.15, 0.2) is 0 Å². The highest BCUT2D eigenvalue weighted by Crippen LogP contribution is 2.19. The Labute approximate surface area is 405 Å². The lowest BCUT2D eigenvalue weighted by Gasteiger charge is -2.18. The van der Waals surface area contributed by atoms with Crippen LogP contribution in [0.4, 0.5) is 0 Å². The fraction of sp³-hybridized carbons (Fsp3) is 0.930. The fourth-order valence-electron chi connectivity index (χ4n) is 8.18. The summed E-state index contributed by atoms with van der Waals surface area (Å²) in [7, 11) is 0. The first-order valence-electron chi connectivity index (χ1n) is 28.4. The van der Waals surface area contributed by atoms with Gasteiger partial charge in [0.1, 0.15) is 18.0 Å². The molecule has 0 radical (unpaired) electrons. The van der Waals surface area contributed by atoms with Gasteiger partial charge in [-0.2, -0.15) is 0 Å². The summed E-state index contributed by atoms with van der Waals surface area (Å²) >= 11 is 0. The zero-order valence-corrected chi connectivity index (χ0v) is 45.1. The first-order chi connectivity index (χ1) is 31.7. The van der Waals surface area contributed by atoms with Gasteiger partial charge in [-0.15, -0.1) is 0 Å². The second-order valence-corrected chi connectivity index (χ2v) is 18.8. The molecule has 388 valence electrons. The summed E-state index contributed by atoms with van der Waals surface area (Å²) in [5.41, 5.74) is 0. The summed E-state index contributed by atoms with van der Waals surface area (Å²) in [5.74, 6) is 0.928. The van der Waals surface area contributed by atoms with Crippen LogP contribution in [0.1, 0.15) is 300 Å². The molecular weight excluding hydrogens is 811 g/mol. The number of hydrogen-bond acceptors (Lipinski definition) is 8. The van der Waals surface area contributed by atoms with Crippen LogP contribution in [-0.4, -0.2) is 67.5 Å². The molecule has 0 aromatic heterocycles. The first kappa shape index (κ1) is 67.3. The molecule has 1 unspecified atom stereocenters. The van der Waals surface area contributed by atoms with Crippen LogP contribution < -0.4 is 0 Å². The maximum absolute atomic E-state index is 12.3. The van der Waals surface area contributed by atoms with Crippen LogP contribution in [0.3, 0.4) is 0 Å². The monoisotopic (exact) mass is 924 g/mol. The number of nitrogens with zero attached hydrogens (tertiary/aromatic N) is 1. The number of rotatable bonds is 44. The van der Waals surface area contributed by atoms with E-state index in [-0.39, 0.29) is 24.1 Å². The van der Waals surface area contributed by atoms with E-state index in [4.69, 9.17) is 9.47 Å². The van der Waals surface area contributed by atoms with Crippen molar-refractivity contribution in [3.05, 3.63) is 0 Å². The van der Waals surface area contributed by atoms with Gasteiger partial charge in [-0.3, -0.25) is 24.1 Å². The molecule has 0 N–H and O–H groups in total. The minimum atomic E-state index is -0.0434. The van der Waals surface area contributed by atoms with Gasteiger partial charge in [0.05, 0.1) is 6.61 Å². The minimum Gasteiger partial charge on any atom is -0.468 e. The summed E-state index contributed by atoms with van der Waals surface area (Å²) in [6, 6.07) is 0. The van der Waals surface area contributed by atoms with Gasteiger partial charge in [0.2, 0.25) is 0 Å². The second-order valence-electron chi connectivity index (χ2n) is 18.8.